The van der Waals surface area contributed by atoms with Crippen molar-refractivity contribution in [2.45, 2.75) is 12.2 Å². The van der Waals surface area contributed by atoms with Crippen molar-refractivity contribution in [3.8, 4) is 5.75 Å². The molecular weight excluding hydrogens is 340 g/mol. The summed E-state index contributed by atoms with van der Waals surface area (Å²) in [5.41, 5.74) is 0.727. The lowest BCUT2D eigenvalue weighted by molar-refractivity contribution is -0.384. The molecule has 8 heteroatoms. The van der Waals surface area contributed by atoms with Gasteiger partial charge in [0.1, 0.15) is 10.8 Å². The first-order valence-electron chi connectivity index (χ1n) is 6.68. The summed E-state index contributed by atoms with van der Waals surface area (Å²) in [7, 11) is 0. The summed E-state index contributed by atoms with van der Waals surface area (Å²) in [5.74, 6) is 1.09. The van der Waals surface area contributed by atoms with Crippen molar-refractivity contribution >= 4 is 35.0 Å². The third-order valence-corrected chi connectivity index (χ3v) is 4.07. The minimum absolute atomic E-state index is 0.0650. The van der Waals surface area contributed by atoms with Crippen LogP contribution < -0.4 is 4.74 Å². The summed E-state index contributed by atoms with van der Waals surface area (Å²) in [4.78, 5) is 26.0. The van der Waals surface area contributed by atoms with Gasteiger partial charge in [-0.15, -0.1) is 0 Å². The zero-order chi connectivity index (χ0) is 16.7. The van der Waals surface area contributed by atoms with Gasteiger partial charge in [-0.2, -0.15) is 11.8 Å². The van der Waals surface area contributed by atoms with Crippen LogP contribution in [0.2, 0.25) is 5.02 Å². The summed E-state index contributed by atoms with van der Waals surface area (Å²) in [5, 5.41) is 10.6. The first-order chi connectivity index (χ1) is 11.1. The summed E-state index contributed by atoms with van der Waals surface area (Å²) < 4.78 is 5.11. The number of nitro groups is 1. The molecule has 0 bridgehead atoms. The Balaban J connectivity index is 1.76. The zero-order valence-corrected chi connectivity index (χ0v) is 13.5. The molecule has 120 valence electrons. The van der Waals surface area contributed by atoms with Crippen molar-refractivity contribution in [3.05, 3.63) is 63.4 Å². The second-order valence-electron chi connectivity index (χ2n) is 4.47. The number of nitro benzene ring substituents is 1. The molecule has 0 amide bonds. The maximum absolute atomic E-state index is 11.7. The van der Waals surface area contributed by atoms with Gasteiger partial charge in [0, 0.05) is 29.8 Å². The lowest BCUT2D eigenvalue weighted by Crippen LogP contribution is -2.09. The summed E-state index contributed by atoms with van der Waals surface area (Å²) in [6.07, 6.45) is 1.95. The quantitative estimate of drug-likeness (QED) is 0.247. The maximum Gasteiger partial charge on any atom is 0.312 e. The van der Waals surface area contributed by atoms with Gasteiger partial charge >= 0.3 is 5.97 Å². The first-order valence-corrected chi connectivity index (χ1v) is 8.22. The molecule has 0 aliphatic heterocycles. The van der Waals surface area contributed by atoms with Crippen LogP contribution in [0, 0.1) is 10.1 Å². The highest BCUT2D eigenvalue weighted by molar-refractivity contribution is 7.98. The molecule has 0 radical (unpaired) electrons. The molecule has 0 unspecified atom stereocenters. The highest BCUT2D eigenvalue weighted by Gasteiger charge is 2.14. The lowest BCUT2D eigenvalue weighted by Gasteiger charge is -2.05. The number of hydrogen-bond donors (Lipinski definition) is 0. The largest absolute Gasteiger partial charge is 0.426 e. The fraction of sp³-hybridized carbons (Fsp3) is 0.200. The average Bonchev–Trinajstić information content (AvgIpc) is 2.52. The van der Waals surface area contributed by atoms with Gasteiger partial charge in [0.05, 0.1) is 17.0 Å². The molecule has 0 fully saturated rings. The van der Waals surface area contributed by atoms with Gasteiger partial charge in [-0.25, -0.2) is 0 Å². The number of rotatable bonds is 7. The van der Waals surface area contributed by atoms with Crippen molar-refractivity contribution in [3.63, 3.8) is 0 Å². The molecule has 0 N–H and O–H groups in total. The molecule has 1 heterocycles. The lowest BCUT2D eigenvalue weighted by atomic mass is 10.3. The summed E-state index contributed by atoms with van der Waals surface area (Å²) in [6.45, 7) is 0. The third-order valence-electron chi connectivity index (χ3n) is 2.77. The van der Waals surface area contributed by atoms with Gasteiger partial charge in [0.25, 0.3) is 5.69 Å². The molecule has 0 aliphatic carbocycles. The van der Waals surface area contributed by atoms with Crippen LogP contribution in [0.25, 0.3) is 0 Å². The SMILES string of the molecule is O=C(CCSCc1ccccn1)Oc1ccc([N+](=O)[O-])c(Cl)c1. The number of esters is 1. The van der Waals surface area contributed by atoms with Crippen LogP contribution in [0.15, 0.2) is 42.6 Å². The normalized spacial score (nSPS) is 10.3. The van der Waals surface area contributed by atoms with Crippen LogP contribution in [0.5, 0.6) is 5.75 Å². The van der Waals surface area contributed by atoms with Crippen LogP contribution in [0.1, 0.15) is 12.1 Å². The number of halogens is 1. The molecule has 0 aliphatic rings. The molecule has 6 nitrogen and oxygen atoms in total. The van der Waals surface area contributed by atoms with Gasteiger partial charge in [-0.1, -0.05) is 17.7 Å². The van der Waals surface area contributed by atoms with E-state index in [4.69, 9.17) is 16.3 Å². The van der Waals surface area contributed by atoms with E-state index in [1.165, 1.54) is 18.2 Å². The highest BCUT2D eigenvalue weighted by Crippen LogP contribution is 2.28. The Morgan fingerprint density at radius 3 is 2.83 bits per heavy atom. The average molecular weight is 353 g/mol. The van der Waals surface area contributed by atoms with Gasteiger partial charge < -0.3 is 4.74 Å². The van der Waals surface area contributed by atoms with Crippen molar-refractivity contribution in [1.29, 1.82) is 0 Å². The van der Waals surface area contributed by atoms with E-state index in [0.29, 0.717) is 5.75 Å². The third kappa shape index (κ3) is 5.54. The maximum atomic E-state index is 11.7. The predicted octanol–water partition coefficient (Wildman–Crippen LogP) is 3.87. The summed E-state index contributed by atoms with van der Waals surface area (Å²) >= 11 is 7.33. The summed E-state index contributed by atoms with van der Waals surface area (Å²) in [6, 6.07) is 9.50. The van der Waals surface area contributed by atoms with E-state index in [0.717, 1.165) is 11.4 Å². The molecule has 23 heavy (non-hydrogen) atoms. The van der Waals surface area contributed by atoms with E-state index in [-0.39, 0.29) is 22.9 Å². The minimum atomic E-state index is -0.595. The fourth-order valence-electron chi connectivity index (χ4n) is 1.70. The second-order valence-corrected chi connectivity index (χ2v) is 5.98. The molecule has 0 saturated carbocycles. The van der Waals surface area contributed by atoms with Crippen LogP contribution >= 0.6 is 23.4 Å². The smallest absolute Gasteiger partial charge is 0.312 e. The Labute approximate surface area is 142 Å². The second kappa shape index (κ2) is 8.50. The molecule has 1 aromatic heterocycles. The number of ether oxygens (including phenoxy) is 1. The Hall–Kier alpha value is -2.12. The fourth-order valence-corrected chi connectivity index (χ4v) is 2.77. The van der Waals surface area contributed by atoms with Crippen molar-refractivity contribution in [2.24, 2.45) is 0 Å². The van der Waals surface area contributed by atoms with E-state index >= 15 is 0 Å². The van der Waals surface area contributed by atoms with Gasteiger partial charge in [-0.05, 0) is 18.2 Å². The Bertz CT molecular complexity index is 697. The molecule has 0 saturated heterocycles. The number of aromatic nitrogens is 1. The highest BCUT2D eigenvalue weighted by atomic mass is 35.5. The van der Waals surface area contributed by atoms with Gasteiger partial charge in [-0.3, -0.25) is 19.9 Å². The number of hydrogen-bond acceptors (Lipinski definition) is 6. The topological polar surface area (TPSA) is 82.3 Å². The van der Waals surface area contributed by atoms with E-state index in [2.05, 4.69) is 4.98 Å². The monoisotopic (exact) mass is 352 g/mol. The van der Waals surface area contributed by atoms with Gasteiger partial charge in [0.2, 0.25) is 0 Å². The number of pyridine rings is 1. The van der Waals surface area contributed by atoms with Crippen LogP contribution in [-0.2, 0) is 10.5 Å². The Kier molecular flexibility index (Phi) is 6.37. The number of carbonyl (C=O) groups excluding carboxylic acids is 1. The molecule has 0 atom stereocenters. The zero-order valence-electron chi connectivity index (χ0n) is 12.0. The van der Waals surface area contributed by atoms with Crippen molar-refractivity contribution in [2.75, 3.05) is 5.75 Å². The van der Waals surface area contributed by atoms with E-state index < -0.39 is 10.9 Å². The molecule has 0 spiro atoms. The molecule has 2 rings (SSSR count). The van der Waals surface area contributed by atoms with Crippen molar-refractivity contribution < 1.29 is 14.5 Å². The number of nitrogens with zero attached hydrogens (tertiary/aromatic N) is 2. The number of carbonyl (C=O) groups is 1. The van der Waals surface area contributed by atoms with Crippen LogP contribution in [-0.4, -0.2) is 21.6 Å². The Morgan fingerprint density at radius 2 is 2.17 bits per heavy atom. The minimum Gasteiger partial charge on any atom is -0.426 e. The van der Waals surface area contributed by atoms with Crippen LogP contribution in [0.3, 0.4) is 0 Å². The standard InChI is InChI=1S/C15H13ClN2O4S/c16-13-9-12(4-5-14(13)18(20)21)22-15(19)6-8-23-10-11-3-1-2-7-17-11/h1-5,7,9H,6,8,10H2. The molecule has 2 aromatic rings. The van der Waals surface area contributed by atoms with Crippen molar-refractivity contribution in [1.82, 2.24) is 4.98 Å². The van der Waals surface area contributed by atoms with E-state index in [1.807, 2.05) is 18.2 Å². The first kappa shape index (κ1) is 17.2. The van der Waals surface area contributed by atoms with E-state index in [9.17, 15) is 14.9 Å². The Morgan fingerprint density at radius 1 is 1.35 bits per heavy atom. The molecule has 1 aromatic carbocycles. The van der Waals surface area contributed by atoms with Crippen LogP contribution in [0.4, 0.5) is 5.69 Å². The number of benzene rings is 1. The van der Waals surface area contributed by atoms with Gasteiger partial charge in [0.15, 0.2) is 0 Å². The van der Waals surface area contributed by atoms with E-state index in [1.54, 1.807) is 18.0 Å². The predicted molar refractivity (Wildman–Crippen MR) is 88.8 cm³/mol. The number of thioether (sulfide) groups is 1. The molecular formula is C15H13ClN2O4S.